The van der Waals surface area contributed by atoms with Crippen LogP contribution in [0.1, 0.15) is 36.0 Å². The van der Waals surface area contributed by atoms with E-state index in [1.807, 2.05) is 12.1 Å². The molecule has 0 unspecified atom stereocenters. The van der Waals surface area contributed by atoms with Gasteiger partial charge in [0.15, 0.2) is 0 Å². The Kier molecular flexibility index (Phi) is 6.96. The van der Waals surface area contributed by atoms with Gasteiger partial charge in [-0.25, -0.2) is 0 Å². The third-order valence-electron chi connectivity index (χ3n) is 2.95. The van der Waals surface area contributed by atoms with Crippen LogP contribution in [0.2, 0.25) is 0 Å². The second-order valence-corrected chi connectivity index (χ2v) is 4.73. The topological polar surface area (TPSA) is 45.0 Å². The Balaban J connectivity index is 2.50. The molecular formula is C15H20F2N2O. The largest absolute Gasteiger partial charge is 0.434 e. The Hall–Kier alpha value is -1.67. The lowest BCUT2D eigenvalue weighted by atomic mass is 10.1. The summed E-state index contributed by atoms with van der Waals surface area (Å²) in [7, 11) is 0. The molecule has 0 aliphatic heterocycles. The van der Waals surface area contributed by atoms with Gasteiger partial charge < -0.3 is 10.1 Å². The van der Waals surface area contributed by atoms with Gasteiger partial charge in [-0.2, -0.15) is 14.0 Å². The number of nitriles is 1. The fourth-order valence-electron chi connectivity index (χ4n) is 2.10. The smallest absolute Gasteiger partial charge is 0.387 e. The van der Waals surface area contributed by atoms with Crippen LogP contribution >= 0.6 is 0 Å². The molecule has 110 valence electrons. The zero-order chi connectivity index (χ0) is 15.0. The maximum absolute atomic E-state index is 12.3. The monoisotopic (exact) mass is 282 g/mol. The lowest BCUT2D eigenvalue weighted by molar-refractivity contribution is -0.0507. The lowest BCUT2D eigenvalue weighted by Crippen LogP contribution is -2.15. The van der Waals surface area contributed by atoms with Gasteiger partial charge in [0.25, 0.3) is 0 Å². The second kappa shape index (κ2) is 8.49. The van der Waals surface area contributed by atoms with Gasteiger partial charge >= 0.3 is 6.61 Å². The number of rotatable bonds is 8. The highest BCUT2D eigenvalue weighted by Gasteiger charge is 2.11. The molecule has 0 fully saturated rings. The molecule has 1 aromatic rings. The minimum absolute atomic E-state index is 0.262. The summed E-state index contributed by atoms with van der Waals surface area (Å²) < 4.78 is 29.1. The van der Waals surface area contributed by atoms with Crippen molar-refractivity contribution in [3.05, 3.63) is 28.8 Å². The first-order chi connectivity index (χ1) is 9.54. The van der Waals surface area contributed by atoms with E-state index in [0.29, 0.717) is 24.1 Å². The fourth-order valence-corrected chi connectivity index (χ4v) is 2.10. The third-order valence-corrected chi connectivity index (χ3v) is 2.95. The van der Waals surface area contributed by atoms with Crippen LogP contribution in [0, 0.1) is 25.2 Å². The molecule has 1 aromatic carbocycles. The quantitative estimate of drug-likeness (QED) is 0.740. The molecule has 0 heterocycles. The number of halogens is 2. The summed E-state index contributed by atoms with van der Waals surface area (Å²) in [5, 5.41) is 11.7. The van der Waals surface area contributed by atoms with E-state index in [1.165, 1.54) is 0 Å². The number of hydrogen-bond donors (Lipinski definition) is 1. The molecule has 0 spiro atoms. The summed E-state index contributed by atoms with van der Waals surface area (Å²) in [6.45, 7) is 2.26. The highest BCUT2D eigenvalue weighted by Crippen LogP contribution is 2.26. The van der Waals surface area contributed by atoms with Gasteiger partial charge in [-0.05, 0) is 49.9 Å². The van der Waals surface area contributed by atoms with E-state index < -0.39 is 6.61 Å². The van der Waals surface area contributed by atoms with E-state index in [4.69, 9.17) is 5.26 Å². The van der Waals surface area contributed by atoms with Gasteiger partial charge in [0.05, 0.1) is 6.07 Å². The number of alkyl halides is 2. The van der Waals surface area contributed by atoms with Gasteiger partial charge in [-0.1, -0.05) is 12.1 Å². The van der Waals surface area contributed by atoms with Crippen molar-refractivity contribution in [2.24, 2.45) is 0 Å². The molecule has 3 nitrogen and oxygen atoms in total. The van der Waals surface area contributed by atoms with Gasteiger partial charge in [0, 0.05) is 13.0 Å². The Bertz CT molecular complexity index is 446. The summed E-state index contributed by atoms with van der Waals surface area (Å²) >= 11 is 0. The summed E-state index contributed by atoms with van der Waals surface area (Å²) in [5.41, 5.74) is 2.47. The predicted molar refractivity (Wildman–Crippen MR) is 73.7 cm³/mol. The van der Waals surface area contributed by atoms with Gasteiger partial charge in [0.2, 0.25) is 0 Å². The number of hydrogen-bond acceptors (Lipinski definition) is 3. The zero-order valence-electron chi connectivity index (χ0n) is 11.9. The highest BCUT2D eigenvalue weighted by atomic mass is 19.3. The molecule has 0 amide bonds. The van der Waals surface area contributed by atoms with E-state index in [1.54, 1.807) is 13.8 Å². The van der Waals surface area contributed by atoms with E-state index in [0.717, 1.165) is 24.9 Å². The van der Waals surface area contributed by atoms with Crippen molar-refractivity contribution in [2.45, 2.75) is 46.3 Å². The number of nitrogens with one attached hydrogen (secondary N) is 1. The van der Waals surface area contributed by atoms with Crippen molar-refractivity contribution < 1.29 is 13.5 Å². The maximum Gasteiger partial charge on any atom is 0.387 e. The standard InChI is InChI=1S/C15H20F2N2O/c1-11-8-13(10-19-7-5-3-4-6-18)9-12(2)14(11)20-15(16)17/h8-9,15,19H,3-5,7,10H2,1-2H3. The molecule has 0 aliphatic rings. The number of benzene rings is 1. The van der Waals surface area contributed by atoms with Gasteiger partial charge in [-0.15, -0.1) is 0 Å². The number of unbranched alkanes of at least 4 members (excludes halogenated alkanes) is 2. The van der Waals surface area contributed by atoms with Crippen molar-refractivity contribution in [1.82, 2.24) is 5.32 Å². The molecule has 0 radical (unpaired) electrons. The lowest BCUT2D eigenvalue weighted by Gasteiger charge is -2.13. The Morgan fingerprint density at radius 3 is 2.45 bits per heavy atom. The molecule has 0 atom stereocenters. The van der Waals surface area contributed by atoms with Crippen LogP contribution in [0.5, 0.6) is 5.75 Å². The Labute approximate surface area is 118 Å². The Morgan fingerprint density at radius 1 is 1.25 bits per heavy atom. The summed E-state index contributed by atoms with van der Waals surface area (Å²) in [4.78, 5) is 0. The molecule has 0 saturated heterocycles. The van der Waals surface area contributed by atoms with E-state index in [9.17, 15) is 8.78 Å². The van der Waals surface area contributed by atoms with Crippen molar-refractivity contribution >= 4 is 0 Å². The van der Waals surface area contributed by atoms with Crippen LogP contribution in [0.3, 0.4) is 0 Å². The van der Waals surface area contributed by atoms with E-state index >= 15 is 0 Å². The van der Waals surface area contributed by atoms with Crippen molar-refractivity contribution in [1.29, 1.82) is 5.26 Å². The van der Waals surface area contributed by atoms with Crippen LogP contribution < -0.4 is 10.1 Å². The molecule has 5 heteroatoms. The first-order valence-electron chi connectivity index (χ1n) is 6.67. The fraction of sp³-hybridized carbons (Fsp3) is 0.533. The molecule has 0 aliphatic carbocycles. The average molecular weight is 282 g/mol. The second-order valence-electron chi connectivity index (χ2n) is 4.73. The third kappa shape index (κ3) is 5.54. The van der Waals surface area contributed by atoms with Crippen molar-refractivity contribution in [3.8, 4) is 11.8 Å². The summed E-state index contributed by atoms with van der Waals surface area (Å²) in [6, 6.07) is 5.82. The molecule has 1 rings (SSSR count). The predicted octanol–water partition coefficient (Wildman–Crippen LogP) is 3.69. The first-order valence-corrected chi connectivity index (χ1v) is 6.67. The minimum atomic E-state index is -2.79. The Morgan fingerprint density at radius 2 is 1.90 bits per heavy atom. The van der Waals surface area contributed by atoms with Crippen LogP contribution in [0.15, 0.2) is 12.1 Å². The van der Waals surface area contributed by atoms with Crippen molar-refractivity contribution in [2.75, 3.05) is 6.54 Å². The van der Waals surface area contributed by atoms with Crippen LogP contribution in [0.25, 0.3) is 0 Å². The summed E-state index contributed by atoms with van der Waals surface area (Å²) in [6.07, 6.45) is 2.43. The number of ether oxygens (including phenoxy) is 1. The molecule has 1 N–H and O–H groups in total. The average Bonchev–Trinajstić information content (AvgIpc) is 2.38. The highest BCUT2D eigenvalue weighted by molar-refractivity contribution is 5.43. The number of aryl methyl sites for hydroxylation is 2. The molecular weight excluding hydrogens is 262 g/mol. The molecule has 0 saturated carbocycles. The maximum atomic E-state index is 12.3. The zero-order valence-corrected chi connectivity index (χ0v) is 11.9. The van der Waals surface area contributed by atoms with Crippen molar-refractivity contribution in [3.63, 3.8) is 0 Å². The normalized spacial score (nSPS) is 10.6. The molecule has 0 bridgehead atoms. The molecule has 20 heavy (non-hydrogen) atoms. The van der Waals surface area contributed by atoms with Crippen LogP contribution in [0.4, 0.5) is 8.78 Å². The summed E-state index contributed by atoms with van der Waals surface area (Å²) in [5.74, 6) is 0.262. The first kappa shape index (κ1) is 16.4. The van der Waals surface area contributed by atoms with Crippen LogP contribution in [-0.2, 0) is 6.54 Å². The number of nitrogens with zero attached hydrogens (tertiary/aromatic N) is 1. The van der Waals surface area contributed by atoms with E-state index in [-0.39, 0.29) is 5.75 Å². The molecule has 0 aromatic heterocycles. The van der Waals surface area contributed by atoms with Gasteiger partial charge in [-0.3, -0.25) is 0 Å². The van der Waals surface area contributed by atoms with Gasteiger partial charge in [0.1, 0.15) is 5.75 Å². The minimum Gasteiger partial charge on any atom is -0.434 e. The van der Waals surface area contributed by atoms with Crippen LogP contribution in [-0.4, -0.2) is 13.2 Å². The van der Waals surface area contributed by atoms with E-state index in [2.05, 4.69) is 16.1 Å². The SMILES string of the molecule is Cc1cc(CNCCCCC#N)cc(C)c1OC(F)F.